The molecule has 144 valence electrons. The minimum absolute atomic E-state index is 0.122. The van der Waals surface area contributed by atoms with Crippen LogP contribution in [0.5, 0.6) is 5.75 Å². The highest BCUT2D eigenvalue weighted by atomic mass is 32.2. The van der Waals surface area contributed by atoms with E-state index in [0.717, 1.165) is 11.7 Å². The van der Waals surface area contributed by atoms with Crippen LogP contribution in [-0.4, -0.2) is 51.1 Å². The Morgan fingerprint density at radius 2 is 2.04 bits per heavy atom. The quantitative estimate of drug-likeness (QED) is 0.604. The van der Waals surface area contributed by atoms with Crippen molar-refractivity contribution in [3.05, 3.63) is 29.8 Å². The van der Waals surface area contributed by atoms with Crippen molar-refractivity contribution in [3.8, 4) is 5.75 Å². The van der Waals surface area contributed by atoms with Gasteiger partial charge in [0.2, 0.25) is 0 Å². The number of nitrogens with zero attached hydrogens (tertiary/aromatic N) is 1. The monoisotopic (exact) mass is 379 g/mol. The number of guanidine groups is 1. The van der Waals surface area contributed by atoms with E-state index in [1.807, 2.05) is 18.2 Å². The average molecular weight is 380 g/mol. The molecule has 0 aliphatic carbocycles. The van der Waals surface area contributed by atoms with Crippen molar-refractivity contribution in [1.29, 1.82) is 0 Å². The lowest BCUT2D eigenvalue weighted by atomic mass is 9.94. The molecule has 1 aromatic carbocycles. The number of ether oxygens (including phenoxy) is 1. The lowest BCUT2D eigenvalue weighted by molar-refractivity contribution is 0.312. The molecule has 6 nitrogen and oxygen atoms in total. The van der Waals surface area contributed by atoms with Crippen LogP contribution < -0.4 is 15.4 Å². The second-order valence-electron chi connectivity index (χ2n) is 7.65. The Labute approximate surface area is 156 Å². The highest BCUT2D eigenvalue weighted by molar-refractivity contribution is 7.91. The number of hydrogen-bond acceptors (Lipinski definition) is 4. The molecular formula is C19H29N3O3S. The number of sulfone groups is 1. The predicted molar refractivity (Wildman–Crippen MR) is 105 cm³/mol. The number of nitrogens with one attached hydrogen (secondary N) is 2. The summed E-state index contributed by atoms with van der Waals surface area (Å²) >= 11 is 0. The van der Waals surface area contributed by atoms with E-state index in [0.29, 0.717) is 25.3 Å². The molecular weight excluding hydrogens is 350 g/mol. The van der Waals surface area contributed by atoms with Crippen LogP contribution >= 0.6 is 0 Å². The zero-order chi connectivity index (χ0) is 18.7. The van der Waals surface area contributed by atoms with Gasteiger partial charge < -0.3 is 15.4 Å². The van der Waals surface area contributed by atoms with Crippen molar-refractivity contribution >= 4 is 15.8 Å². The summed E-state index contributed by atoms with van der Waals surface area (Å²) in [5.74, 6) is 2.62. The molecule has 0 amide bonds. The van der Waals surface area contributed by atoms with Crippen LogP contribution in [0.1, 0.15) is 38.7 Å². The van der Waals surface area contributed by atoms with Crippen molar-refractivity contribution in [2.24, 2.45) is 10.9 Å². The summed E-state index contributed by atoms with van der Waals surface area (Å²) in [6, 6.07) is 8.53. The van der Waals surface area contributed by atoms with Gasteiger partial charge in [-0.15, -0.1) is 0 Å². The first-order valence-electron chi connectivity index (χ1n) is 9.34. The molecule has 1 saturated heterocycles. The highest BCUT2D eigenvalue weighted by Gasteiger charge is 2.30. The molecule has 7 heteroatoms. The molecule has 0 aromatic heterocycles. The third-order valence-electron chi connectivity index (χ3n) is 4.96. The van der Waals surface area contributed by atoms with Gasteiger partial charge in [0.25, 0.3) is 0 Å². The Morgan fingerprint density at radius 1 is 1.27 bits per heavy atom. The third-order valence-corrected chi connectivity index (χ3v) is 6.80. The maximum atomic E-state index is 11.6. The van der Waals surface area contributed by atoms with Crippen LogP contribution in [0, 0.1) is 5.92 Å². The topological polar surface area (TPSA) is 79.8 Å². The van der Waals surface area contributed by atoms with E-state index in [1.54, 1.807) is 0 Å². The summed E-state index contributed by atoms with van der Waals surface area (Å²) in [6.07, 6.45) is 0.709. The Balaban J connectivity index is 1.65. The van der Waals surface area contributed by atoms with Gasteiger partial charge >= 0.3 is 0 Å². The van der Waals surface area contributed by atoms with Crippen molar-refractivity contribution in [2.45, 2.75) is 45.2 Å². The van der Waals surface area contributed by atoms with Gasteiger partial charge in [0.1, 0.15) is 5.75 Å². The van der Waals surface area contributed by atoms with E-state index >= 15 is 0 Å². The van der Waals surface area contributed by atoms with Crippen molar-refractivity contribution in [3.63, 3.8) is 0 Å². The molecule has 26 heavy (non-hydrogen) atoms. The highest BCUT2D eigenvalue weighted by Crippen LogP contribution is 2.35. The van der Waals surface area contributed by atoms with Gasteiger partial charge in [0.15, 0.2) is 15.8 Å². The summed E-state index contributed by atoms with van der Waals surface area (Å²) in [5, 5.41) is 6.84. The summed E-state index contributed by atoms with van der Waals surface area (Å²) < 4.78 is 29.1. The fraction of sp³-hybridized carbons (Fsp3) is 0.632. The van der Waals surface area contributed by atoms with Gasteiger partial charge in [-0.05, 0) is 39.2 Å². The Hall–Kier alpha value is -1.76. The number of para-hydroxylation sites is 1. The molecule has 3 rings (SSSR count). The predicted octanol–water partition coefficient (Wildman–Crippen LogP) is 1.93. The third kappa shape index (κ3) is 4.69. The van der Waals surface area contributed by atoms with Gasteiger partial charge in [-0.2, -0.15) is 0 Å². The molecule has 0 bridgehead atoms. The van der Waals surface area contributed by atoms with Gasteiger partial charge in [-0.3, -0.25) is 4.99 Å². The van der Waals surface area contributed by atoms with Crippen LogP contribution in [-0.2, 0) is 9.84 Å². The summed E-state index contributed by atoms with van der Waals surface area (Å²) in [6.45, 7) is 7.45. The summed E-state index contributed by atoms with van der Waals surface area (Å²) in [4.78, 5) is 4.67. The minimum Gasteiger partial charge on any atom is -0.493 e. The standard InChI is InChI=1S/C19H29N3O3S/c1-13(2)21-19(20-10-15-8-9-26(23,24)12-15)22-14(3)17-11-25-18-7-5-4-6-16(17)18/h4-7,13-15,17H,8-12H2,1-3H3,(H2,20,21,22). The molecule has 2 N–H and O–H groups in total. The molecule has 0 radical (unpaired) electrons. The van der Waals surface area contributed by atoms with E-state index in [1.165, 1.54) is 5.56 Å². The maximum Gasteiger partial charge on any atom is 0.191 e. The van der Waals surface area contributed by atoms with Gasteiger partial charge in [0, 0.05) is 30.1 Å². The van der Waals surface area contributed by atoms with Gasteiger partial charge in [-0.1, -0.05) is 18.2 Å². The van der Waals surface area contributed by atoms with Gasteiger partial charge in [0.05, 0.1) is 18.1 Å². The van der Waals surface area contributed by atoms with Crippen LogP contribution in [0.4, 0.5) is 0 Å². The molecule has 2 aliphatic rings. The lowest BCUT2D eigenvalue weighted by Gasteiger charge is -2.24. The van der Waals surface area contributed by atoms with Crippen LogP contribution in [0.25, 0.3) is 0 Å². The summed E-state index contributed by atoms with van der Waals surface area (Å²) in [5.41, 5.74) is 1.22. The Kier molecular flexibility index (Phi) is 5.75. The second kappa shape index (κ2) is 7.86. The lowest BCUT2D eigenvalue weighted by Crippen LogP contribution is -2.47. The van der Waals surface area contributed by atoms with Crippen molar-refractivity contribution < 1.29 is 13.2 Å². The first kappa shape index (κ1) is 19.0. The molecule has 0 saturated carbocycles. The fourth-order valence-electron chi connectivity index (χ4n) is 3.56. The molecule has 3 atom stereocenters. The average Bonchev–Trinajstić information content (AvgIpc) is 3.15. The Bertz CT molecular complexity index is 761. The zero-order valence-electron chi connectivity index (χ0n) is 15.7. The number of rotatable bonds is 5. The number of fused-ring (bicyclic) bond motifs is 1. The molecule has 3 unspecified atom stereocenters. The largest absolute Gasteiger partial charge is 0.493 e. The second-order valence-corrected chi connectivity index (χ2v) is 9.87. The molecule has 2 aliphatic heterocycles. The van der Waals surface area contributed by atoms with E-state index in [9.17, 15) is 8.42 Å². The smallest absolute Gasteiger partial charge is 0.191 e. The van der Waals surface area contributed by atoms with Crippen LogP contribution in [0.3, 0.4) is 0 Å². The molecule has 2 heterocycles. The van der Waals surface area contributed by atoms with Crippen LogP contribution in [0.2, 0.25) is 0 Å². The first-order valence-corrected chi connectivity index (χ1v) is 11.2. The van der Waals surface area contributed by atoms with E-state index in [4.69, 9.17) is 4.74 Å². The van der Waals surface area contributed by atoms with E-state index in [2.05, 4.69) is 42.5 Å². The molecule has 1 aromatic rings. The molecule has 1 fully saturated rings. The van der Waals surface area contributed by atoms with Gasteiger partial charge in [-0.25, -0.2) is 8.42 Å². The maximum absolute atomic E-state index is 11.6. The Morgan fingerprint density at radius 3 is 2.73 bits per heavy atom. The minimum atomic E-state index is -2.86. The fourth-order valence-corrected chi connectivity index (χ4v) is 5.41. The molecule has 0 spiro atoms. The summed E-state index contributed by atoms with van der Waals surface area (Å²) in [7, 11) is -2.86. The number of hydrogen-bond donors (Lipinski definition) is 2. The van der Waals surface area contributed by atoms with E-state index in [-0.39, 0.29) is 29.7 Å². The number of benzene rings is 1. The van der Waals surface area contributed by atoms with E-state index < -0.39 is 9.84 Å². The van der Waals surface area contributed by atoms with Crippen molar-refractivity contribution in [2.75, 3.05) is 24.7 Å². The number of aliphatic imine (C=N–C) groups is 1. The SMILES string of the molecule is CC(C)NC(=NCC1CCS(=O)(=O)C1)NC(C)C1COc2ccccc21. The first-order chi connectivity index (χ1) is 12.3. The zero-order valence-corrected chi connectivity index (χ0v) is 16.6. The normalized spacial score (nSPS) is 25.6. The van der Waals surface area contributed by atoms with Crippen molar-refractivity contribution in [1.82, 2.24) is 10.6 Å². The van der Waals surface area contributed by atoms with Crippen LogP contribution in [0.15, 0.2) is 29.3 Å².